The second kappa shape index (κ2) is 7.12. The Kier molecular flexibility index (Phi) is 4.46. The maximum atomic E-state index is 13.3. The third-order valence-electron chi connectivity index (χ3n) is 8.59. The Morgan fingerprint density at radius 2 is 2.06 bits per heavy atom. The van der Waals surface area contributed by atoms with Crippen LogP contribution in [0.5, 0.6) is 11.5 Å². The Labute approximate surface area is 182 Å². The first-order chi connectivity index (χ1) is 15.0. The minimum atomic E-state index is -0.703. The van der Waals surface area contributed by atoms with Crippen LogP contribution in [0, 0.1) is 23.7 Å². The fourth-order valence-corrected chi connectivity index (χ4v) is 6.86. The maximum Gasteiger partial charge on any atom is 0.258 e. The molecule has 8 rings (SSSR count). The summed E-state index contributed by atoms with van der Waals surface area (Å²) in [6, 6.07) is 5.63. The summed E-state index contributed by atoms with van der Waals surface area (Å²) < 4.78 is 11.8. The summed E-state index contributed by atoms with van der Waals surface area (Å²) in [5, 5.41) is 6.59. The summed E-state index contributed by atoms with van der Waals surface area (Å²) in [7, 11) is 1.61. The number of piperidine rings is 3. The van der Waals surface area contributed by atoms with Crippen molar-refractivity contribution in [1.82, 2.24) is 15.5 Å². The Morgan fingerprint density at radius 1 is 1.23 bits per heavy atom. The molecule has 0 radical (unpaired) electrons. The fourth-order valence-electron chi connectivity index (χ4n) is 6.86. The van der Waals surface area contributed by atoms with Gasteiger partial charge in [-0.1, -0.05) is 0 Å². The van der Waals surface area contributed by atoms with Crippen molar-refractivity contribution in [1.29, 1.82) is 0 Å². The third kappa shape index (κ3) is 3.12. The van der Waals surface area contributed by atoms with E-state index < -0.39 is 5.72 Å². The van der Waals surface area contributed by atoms with Crippen molar-refractivity contribution in [2.24, 2.45) is 23.7 Å². The highest BCUT2D eigenvalue weighted by Gasteiger charge is 2.57. The lowest BCUT2D eigenvalue weighted by atomic mass is 9.59. The topological polar surface area (TPSA) is 79.9 Å². The lowest BCUT2D eigenvalue weighted by molar-refractivity contribution is -0.148. The first-order valence-corrected chi connectivity index (χ1v) is 11.8. The predicted molar refractivity (Wildman–Crippen MR) is 114 cm³/mol. The lowest BCUT2D eigenvalue weighted by Gasteiger charge is -2.55. The first kappa shape index (κ1) is 19.4. The molecule has 31 heavy (non-hydrogen) atoms. The third-order valence-corrected chi connectivity index (χ3v) is 8.59. The molecule has 7 aliphatic rings. The molecular formula is C24H31N3O4. The summed E-state index contributed by atoms with van der Waals surface area (Å²) in [5.41, 5.74) is -0.157. The largest absolute Gasteiger partial charge is 0.497 e. The molecule has 1 aromatic carbocycles. The molecule has 4 heterocycles. The predicted octanol–water partition coefficient (Wildman–Crippen LogP) is 2.16. The highest BCUT2D eigenvalue weighted by molar-refractivity contribution is 5.98. The molecule has 1 aromatic rings. The number of hydrogen-bond acceptors (Lipinski definition) is 5. The van der Waals surface area contributed by atoms with E-state index >= 15 is 0 Å². The Bertz CT molecular complexity index is 912. The van der Waals surface area contributed by atoms with Crippen molar-refractivity contribution in [3.8, 4) is 11.5 Å². The molecule has 7 nitrogen and oxygen atoms in total. The van der Waals surface area contributed by atoms with Gasteiger partial charge < -0.3 is 25.0 Å². The van der Waals surface area contributed by atoms with Crippen LogP contribution in [0.4, 0.5) is 0 Å². The van der Waals surface area contributed by atoms with Gasteiger partial charge in [0.25, 0.3) is 5.91 Å². The number of nitrogens with one attached hydrogen (secondary N) is 2. The zero-order chi connectivity index (χ0) is 21.2. The number of methoxy groups -OCH3 is 1. The summed E-state index contributed by atoms with van der Waals surface area (Å²) in [6.07, 6.45) is 5.87. The number of fused-ring (bicyclic) bond motifs is 6. The minimum Gasteiger partial charge on any atom is -0.497 e. The van der Waals surface area contributed by atoms with E-state index in [1.54, 1.807) is 25.3 Å². The quantitative estimate of drug-likeness (QED) is 0.776. The molecule has 2 N–H and O–H groups in total. The van der Waals surface area contributed by atoms with E-state index in [0.29, 0.717) is 35.4 Å². The molecule has 1 spiro atoms. The molecule has 3 saturated carbocycles. The average molecular weight is 426 g/mol. The van der Waals surface area contributed by atoms with Crippen molar-refractivity contribution in [2.75, 3.05) is 26.7 Å². The second-order valence-electron chi connectivity index (χ2n) is 10.1. The number of hydrogen-bond donors (Lipinski definition) is 2. The van der Waals surface area contributed by atoms with Crippen molar-refractivity contribution in [3.63, 3.8) is 0 Å². The summed E-state index contributed by atoms with van der Waals surface area (Å²) in [5.74, 6) is 2.42. The Morgan fingerprint density at radius 3 is 2.74 bits per heavy atom. The summed E-state index contributed by atoms with van der Waals surface area (Å²) in [6.45, 7) is 3.35. The number of carbonyl (C=O) groups excluding carboxylic acids is 2. The highest BCUT2D eigenvalue weighted by Crippen LogP contribution is 2.52. The molecule has 2 amide bonds. The fraction of sp³-hybridized carbons (Fsp3) is 0.667. The van der Waals surface area contributed by atoms with E-state index in [1.165, 1.54) is 25.9 Å². The second-order valence-corrected chi connectivity index (χ2v) is 10.1. The molecule has 4 aliphatic heterocycles. The SMILES string of the molecule is COc1ccc2c(c1)O[C@]1(C[C@H]3CC[C@H]1C[C@H]3C(=O)N[C@@H]1CN3CCC1CC3)NC2=O. The van der Waals surface area contributed by atoms with Crippen LogP contribution in [0.25, 0.3) is 0 Å². The van der Waals surface area contributed by atoms with Gasteiger partial charge in [-0.15, -0.1) is 0 Å². The van der Waals surface area contributed by atoms with Crippen LogP contribution in [-0.4, -0.2) is 55.2 Å². The number of benzene rings is 1. The van der Waals surface area contributed by atoms with Crippen molar-refractivity contribution in [3.05, 3.63) is 23.8 Å². The van der Waals surface area contributed by atoms with Gasteiger partial charge in [0.05, 0.1) is 12.7 Å². The van der Waals surface area contributed by atoms with Crippen LogP contribution in [0.15, 0.2) is 18.2 Å². The molecule has 0 unspecified atom stereocenters. The van der Waals surface area contributed by atoms with E-state index in [-0.39, 0.29) is 29.6 Å². The van der Waals surface area contributed by atoms with Crippen LogP contribution in [0.2, 0.25) is 0 Å². The van der Waals surface area contributed by atoms with Crippen LogP contribution in [0.3, 0.4) is 0 Å². The lowest BCUT2D eigenvalue weighted by Crippen LogP contribution is -2.67. The van der Waals surface area contributed by atoms with Gasteiger partial charge in [-0.3, -0.25) is 9.59 Å². The molecule has 4 bridgehead atoms. The monoisotopic (exact) mass is 425 g/mol. The molecular weight excluding hydrogens is 394 g/mol. The molecule has 5 atom stereocenters. The maximum absolute atomic E-state index is 13.3. The molecule has 3 aliphatic carbocycles. The number of rotatable bonds is 3. The average Bonchev–Trinajstić information content (AvgIpc) is 2.79. The Balaban J connectivity index is 1.19. The van der Waals surface area contributed by atoms with Gasteiger partial charge in [-0.2, -0.15) is 0 Å². The van der Waals surface area contributed by atoms with Gasteiger partial charge in [-0.25, -0.2) is 0 Å². The minimum absolute atomic E-state index is 0.0204. The first-order valence-electron chi connectivity index (χ1n) is 11.8. The standard InChI is InChI=1S/C24H31N3O4/c1-30-17-4-5-18-21(11-17)31-24(26-23(18)29)12-15-2-3-16(24)10-19(15)22(28)25-20-13-27-8-6-14(20)7-9-27/h4-5,11,14-16,19-20H,2-3,6-10,12-13H2,1H3,(H,25,28)(H,26,29)/t15-,16+,19-,20-,24+/m1/s1. The van der Waals surface area contributed by atoms with Gasteiger partial charge in [0.1, 0.15) is 11.5 Å². The van der Waals surface area contributed by atoms with Gasteiger partial charge >= 0.3 is 0 Å². The number of carbonyl (C=O) groups is 2. The molecule has 7 heteroatoms. The van der Waals surface area contributed by atoms with Crippen LogP contribution >= 0.6 is 0 Å². The van der Waals surface area contributed by atoms with E-state index in [1.807, 2.05) is 0 Å². The van der Waals surface area contributed by atoms with Gasteiger partial charge in [-0.05, 0) is 69.2 Å². The van der Waals surface area contributed by atoms with E-state index in [9.17, 15) is 9.59 Å². The summed E-state index contributed by atoms with van der Waals surface area (Å²) in [4.78, 5) is 28.6. The molecule has 3 saturated heterocycles. The van der Waals surface area contributed by atoms with Gasteiger partial charge in [0, 0.05) is 36.9 Å². The number of nitrogens with zero attached hydrogens (tertiary/aromatic N) is 1. The Hall–Kier alpha value is -2.28. The van der Waals surface area contributed by atoms with E-state index in [0.717, 1.165) is 25.8 Å². The van der Waals surface area contributed by atoms with Crippen LogP contribution in [0.1, 0.15) is 48.9 Å². The number of amides is 2. The molecule has 6 fully saturated rings. The van der Waals surface area contributed by atoms with Crippen LogP contribution in [-0.2, 0) is 4.79 Å². The zero-order valence-corrected chi connectivity index (χ0v) is 18.1. The molecule has 166 valence electrons. The normalized spacial score (nSPS) is 40.1. The molecule has 0 aromatic heterocycles. The van der Waals surface area contributed by atoms with Crippen molar-refractivity contribution >= 4 is 11.8 Å². The van der Waals surface area contributed by atoms with Gasteiger partial charge in [0.15, 0.2) is 5.72 Å². The van der Waals surface area contributed by atoms with E-state index in [2.05, 4.69) is 15.5 Å². The van der Waals surface area contributed by atoms with E-state index in [4.69, 9.17) is 9.47 Å². The zero-order valence-electron chi connectivity index (χ0n) is 18.1. The van der Waals surface area contributed by atoms with Gasteiger partial charge in [0.2, 0.25) is 5.91 Å². The van der Waals surface area contributed by atoms with Crippen molar-refractivity contribution in [2.45, 2.75) is 50.3 Å². The van der Waals surface area contributed by atoms with Crippen molar-refractivity contribution < 1.29 is 19.1 Å². The number of ether oxygens (including phenoxy) is 2. The van der Waals surface area contributed by atoms with Crippen LogP contribution < -0.4 is 20.1 Å². The smallest absolute Gasteiger partial charge is 0.258 e. The highest BCUT2D eigenvalue weighted by atomic mass is 16.5. The summed E-state index contributed by atoms with van der Waals surface area (Å²) >= 11 is 0.